The van der Waals surface area contributed by atoms with Crippen molar-refractivity contribution < 1.29 is 22.8 Å². The summed E-state index contributed by atoms with van der Waals surface area (Å²) in [5, 5.41) is 2.97. The van der Waals surface area contributed by atoms with Gasteiger partial charge in [0, 0.05) is 36.9 Å². The van der Waals surface area contributed by atoms with Crippen molar-refractivity contribution in [1.82, 2.24) is 9.80 Å². The van der Waals surface area contributed by atoms with Crippen molar-refractivity contribution >= 4 is 29.1 Å². The number of anilines is 1. The second-order valence-electron chi connectivity index (χ2n) is 7.41. The Balaban J connectivity index is 1.54. The van der Waals surface area contributed by atoms with Crippen LogP contribution in [-0.4, -0.2) is 54.3 Å². The fourth-order valence-electron chi connectivity index (χ4n) is 3.46. The maximum atomic E-state index is 13.0. The average Bonchev–Trinajstić information content (AvgIpc) is 2.95. The summed E-state index contributed by atoms with van der Waals surface area (Å²) in [6, 6.07) is 12.1. The van der Waals surface area contributed by atoms with Gasteiger partial charge in [0.05, 0.1) is 18.5 Å². The van der Waals surface area contributed by atoms with Crippen molar-refractivity contribution in [2.24, 2.45) is 0 Å². The standard InChI is InChI=1S/C22H23ClF3N3O2/c23-19-8-7-17(22(24,25)26)13-16(19)14-21(31)29-10-4-9-28(11-12-29)15-20(30)27-18-5-2-1-3-6-18/h1-3,5-8,13H,4,9-12,14-15H2,(H,27,30). The quantitative estimate of drug-likeness (QED) is 0.742. The van der Waals surface area contributed by atoms with Gasteiger partial charge in [-0.15, -0.1) is 0 Å². The lowest BCUT2D eigenvalue weighted by molar-refractivity contribution is -0.138. The van der Waals surface area contributed by atoms with Crippen LogP contribution in [0.5, 0.6) is 0 Å². The van der Waals surface area contributed by atoms with Crippen molar-refractivity contribution in [1.29, 1.82) is 0 Å². The number of hydrogen-bond donors (Lipinski definition) is 1. The summed E-state index contributed by atoms with van der Waals surface area (Å²) in [7, 11) is 0. The molecule has 2 aromatic rings. The fourth-order valence-corrected chi connectivity index (χ4v) is 3.65. The van der Waals surface area contributed by atoms with Gasteiger partial charge in [-0.1, -0.05) is 29.8 Å². The summed E-state index contributed by atoms with van der Waals surface area (Å²) in [5.74, 6) is -0.418. The normalized spacial score (nSPS) is 15.4. The molecule has 5 nitrogen and oxygen atoms in total. The molecule has 3 rings (SSSR count). The van der Waals surface area contributed by atoms with E-state index in [1.54, 1.807) is 17.0 Å². The van der Waals surface area contributed by atoms with Crippen molar-refractivity contribution in [3.8, 4) is 0 Å². The molecule has 31 heavy (non-hydrogen) atoms. The number of amides is 2. The molecule has 2 aromatic carbocycles. The van der Waals surface area contributed by atoms with Crippen molar-refractivity contribution in [2.45, 2.75) is 19.0 Å². The van der Waals surface area contributed by atoms with Gasteiger partial charge in [0.2, 0.25) is 11.8 Å². The van der Waals surface area contributed by atoms with E-state index in [1.807, 2.05) is 23.1 Å². The zero-order valence-corrected chi connectivity index (χ0v) is 17.5. The number of hydrogen-bond acceptors (Lipinski definition) is 3. The molecule has 0 unspecified atom stereocenters. The van der Waals surface area contributed by atoms with Gasteiger partial charge in [0.1, 0.15) is 0 Å². The summed E-state index contributed by atoms with van der Waals surface area (Å²) >= 11 is 6.02. The third kappa shape index (κ3) is 6.70. The molecule has 0 bridgehead atoms. The molecular formula is C22H23ClF3N3O2. The third-order valence-electron chi connectivity index (χ3n) is 5.08. The van der Waals surface area contributed by atoms with E-state index in [-0.39, 0.29) is 35.4 Å². The van der Waals surface area contributed by atoms with Crippen molar-refractivity contribution in [2.75, 3.05) is 38.0 Å². The van der Waals surface area contributed by atoms with Gasteiger partial charge in [-0.25, -0.2) is 0 Å². The van der Waals surface area contributed by atoms with Gasteiger partial charge < -0.3 is 10.2 Å². The average molecular weight is 454 g/mol. The van der Waals surface area contributed by atoms with Gasteiger partial charge >= 0.3 is 6.18 Å². The maximum Gasteiger partial charge on any atom is 0.416 e. The largest absolute Gasteiger partial charge is 0.416 e. The van der Waals surface area contributed by atoms with E-state index in [1.165, 1.54) is 6.07 Å². The smallest absolute Gasteiger partial charge is 0.341 e. The Labute approximate surface area is 183 Å². The van der Waals surface area contributed by atoms with Crippen LogP contribution in [0.1, 0.15) is 17.5 Å². The molecule has 0 aliphatic carbocycles. The van der Waals surface area contributed by atoms with E-state index in [0.29, 0.717) is 32.6 Å². The first kappa shape index (κ1) is 23.1. The van der Waals surface area contributed by atoms with E-state index in [0.717, 1.165) is 17.8 Å². The Morgan fingerprint density at radius 1 is 1.00 bits per heavy atom. The van der Waals surface area contributed by atoms with Crippen LogP contribution in [0, 0.1) is 0 Å². The zero-order valence-electron chi connectivity index (χ0n) is 16.8. The van der Waals surface area contributed by atoms with Gasteiger partial charge in [-0.3, -0.25) is 14.5 Å². The Bertz CT molecular complexity index is 922. The number of benzene rings is 2. The summed E-state index contributed by atoms with van der Waals surface area (Å²) in [6.45, 7) is 2.23. The predicted molar refractivity (Wildman–Crippen MR) is 113 cm³/mol. The molecule has 1 heterocycles. The topological polar surface area (TPSA) is 52.7 Å². The van der Waals surface area contributed by atoms with E-state index >= 15 is 0 Å². The molecular weight excluding hydrogens is 431 g/mol. The van der Waals surface area contributed by atoms with E-state index in [2.05, 4.69) is 5.32 Å². The summed E-state index contributed by atoms with van der Waals surface area (Å²) in [4.78, 5) is 28.5. The molecule has 0 radical (unpaired) electrons. The lowest BCUT2D eigenvalue weighted by Crippen LogP contribution is -2.38. The molecule has 1 aliphatic heterocycles. The van der Waals surface area contributed by atoms with E-state index < -0.39 is 11.7 Å². The molecule has 1 N–H and O–H groups in total. The highest BCUT2D eigenvalue weighted by Gasteiger charge is 2.31. The molecule has 0 saturated carbocycles. The first-order valence-electron chi connectivity index (χ1n) is 9.93. The zero-order chi connectivity index (χ0) is 22.4. The number of nitrogens with one attached hydrogen (secondary N) is 1. The van der Waals surface area contributed by atoms with Crippen LogP contribution in [-0.2, 0) is 22.2 Å². The number of carbonyl (C=O) groups is 2. The van der Waals surface area contributed by atoms with Crippen LogP contribution in [0.3, 0.4) is 0 Å². The number of para-hydroxylation sites is 1. The highest BCUT2D eigenvalue weighted by Crippen LogP contribution is 2.32. The minimum Gasteiger partial charge on any atom is -0.341 e. The highest BCUT2D eigenvalue weighted by atomic mass is 35.5. The molecule has 0 atom stereocenters. The first-order chi connectivity index (χ1) is 14.7. The minimum atomic E-state index is -4.49. The molecule has 1 fully saturated rings. The Kier molecular flexibility index (Phi) is 7.56. The summed E-state index contributed by atoms with van der Waals surface area (Å²) < 4.78 is 38.9. The SMILES string of the molecule is O=C(CN1CCCN(C(=O)Cc2cc(C(F)(F)F)ccc2Cl)CC1)Nc1ccccc1. The molecule has 1 aliphatic rings. The summed E-state index contributed by atoms with van der Waals surface area (Å²) in [5.41, 5.74) is 0.0492. The number of rotatable bonds is 5. The third-order valence-corrected chi connectivity index (χ3v) is 5.45. The Hall–Kier alpha value is -2.58. The van der Waals surface area contributed by atoms with Crippen LogP contribution < -0.4 is 5.32 Å². The van der Waals surface area contributed by atoms with Crippen molar-refractivity contribution in [3.63, 3.8) is 0 Å². The molecule has 2 amide bonds. The lowest BCUT2D eigenvalue weighted by atomic mass is 10.1. The molecule has 0 spiro atoms. The predicted octanol–water partition coefficient (Wildman–Crippen LogP) is 4.07. The van der Waals surface area contributed by atoms with Gasteiger partial charge in [0.25, 0.3) is 0 Å². The second-order valence-corrected chi connectivity index (χ2v) is 7.81. The van der Waals surface area contributed by atoms with Gasteiger partial charge in [-0.05, 0) is 42.3 Å². The van der Waals surface area contributed by atoms with E-state index in [9.17, 15) is 22.8 Å². The first-order valence-corrected chi connectivity index (χ1v) is 10.3. The molecule has 9 heteroatoms. The number of nitrogens with zero attached hydrogens (tertiary/aromatic N) is 2. The second kappa shape index (κ2) is 10.2. The van der Waals surface area contributed by atoms with Gasteiger partial charge in [0.15, 0.2) is 0 Å². The minimum absolute atomic E-state index is 0.135. The van der Waals surface area contributed by atoms with Crippen LogP contribution in [0.25, 0.3) is 0 Å². The van der Waals surface area contributed by atoms with Gasteiger partial charge in [-0.2, -0.15) is 13.2 Å². The molecule has 1 saturated heterocycles. The van der Waals surface area contributed by atoms with Crippen LogP contribution in [0.2, 0.25) is 5.02 Å². The number of carbonyl (C=O) groups excluding carboxylic acids is 2. The molecule has 166 valence electrons. The van der Waals surface area contributed by atoms with Crippen LogP contribution in [0.4, 0.5) is 18.9 Å². The van der Waals surface area contributed by atoms with Crippen LogP contribution in [0.15, 0.2) is 48.5 Å². The maximum absolute atomic E-state index is 13.0. The Morgan fingerprint density at radius 3 is 2.45 bits per heavy atom. The summed E-state index contributed by atoms with van der Waals surface area (Å²) in [6.07, 6.45) is -4.02. The number of alkyl halides is 3. The molecule has 0 aromatic heterocycles. The Morgan fingerprint density at radius 2 is 1.74 bits per heavy atom. The van der Waals surface area contributed by atoms with Crippen molar-refractivity contribution in [3.05, 3.63) is 64.7 Å². The van der Waals surface area contributed by atoms with Crippen LogP contribution >= 0.6 is 11.6 Å². The monoisotopic (exact) mass is 453 g/mol. The highest BCUT2D eigenvalue weighted by molar-refractivity contribution is 6.31. The fraction of sp³-hybridized carbons (Fsp3) is 0.364. The van der Waals surface area contributed by atoms with E-state index in [4.69, 9.17) is 11.6 Å². The number of halogens is 4. The lowest BCUT2D eigenvalue weighted by Gasteiger charge is -2.22.